The number of anilines is 1. The lowest BCUT2D eigenvalue weighted by Gasteiger charge is -2.22. The highest BCUT2D eigenvalue weighted by atomic mass is 35.5. The summed E-state index contributed by atoms with van der Waals surface area (Å²) in [7, 11) is 2.13. The number of hydrogen-bond donors (Lipinski definition) is 1. The molecule has 1 N–H and O–H groups in total. The molecular formula is C20H18ClN3O2S2. The molecule has 3 aromatic heterocycles. The molecule has 4 heterocycles. The zero-order valence-corrected chi connectivity index (χ0v) is 17.5. The number of benzene rings is 1. The van der Waals surface area contributed by atoms with Crippen LogP contribution in [0.5, 0.6) is 0 Å². The van der Waals surface area contributed by atoms with Gasteiger partial charge in [0.2, 0.25) is 0 Å². The van der Waals surface area contributed by atoms with E-state index >= 15 is 0 Å². The van der Waals surface area contributed by atoms with E-state index in [-0.39, 0.29) is 18.3 Å². The third-order valence-corrected chi connectivity index (χ3v) is 6.91. The average Bonchev–Trinajstić information content (AvgIpc) is 3.38. The topological polar surface area (TPSA) is 58.4 Å². The first kappa shape index (κ1) is 19.1. The number of fused-ring (bicyclic) bond motifs is 2. The summed E-state index contributed by atoms with van der Waals surface area (Å²) >= 11 is 3.32. The van der Waals surface area contributed by atoms with E-state index in [1.165, 1.54) is 16.7 Å². The predicted molar refractivity (Wildman–Crippen MR) is 117 cm³/mol. The lowest BCUT2D eigenvalue weighted by molar-refractivity contribution is 0.0997. The Morgan fingerprint density at radius 1 is 1.21 bits per heavy atom. The maximum atomic E-state index is 12.6. The van der Waals surface area contributed by atoms with Crippen LogP contribution in [0.4, 0.5) is 5.00 Å². The number of likely N-dealkylation sites (N-methyl/N-ethyl adjacent to an activating group) is 1. The molecule has 28 heavy (non-hydrogen) atoms. The minimum Gasteiger partial charge on any atom is -0.459 e. The smallest absolute Gasteiger partial charge is 0.291 e. The van der Waals surface area contributed by atoms with E-state index in [4.69, 9.17) is 9.40 Å². The summed E-state index contributed by atoms with van der Waals surface area (Å²) in [6.45, 7) is 1.90. The molecule has 0 radical (unpaired) electrons. The van der Waals surface area contributed by atoms with Crippen molar-refractivity contribution in [3.8, 4) is 10.6 Å². The van der Waals surface area contributed by atoms with E-state index in [1.807, 2.05) is 18.2 Å². The molecule has 0 unspecified atom stereocenters. The van der Waals surface area contributed by atoms with Crippen molar-refractivity contribution in [2.75, 3.05) is 18.9 Å². The second-order valence-corrected chi connectivity index (χ2v) is 8.75. The van der Waals surface area contributed by atoms with Gasteiger partial charge in [-0.15, -0.1) is 35.1 Å². The Morgan fingerprint density at radius 3 is 2.86 bits per heavy atom. The zero-order valence-electron chi connectivity index (χ0n) is 15.1. The largest absolute Gasteiger partial charge is 0.459 e. The number of hydrogen-bond acceptors (Lipinski definition) is 6. The van der Waals surface area contributed by atoms with Crippen molar-refractivity contribution in [3.63, 3.8) is 0 Å². The number of aromatic nitrogens is 1. The Balaban J connectivity index is 0.00000192. The first-order valence-electron chi connectivity index (χ1n) is 8.73. The highest BCUT2D eigenvalue weighted by Gasteiger charge is 2.27. The number of rotatable bonds is 3. The summed E-state index contributed by atoms with van der Waals surface area (Å²) in [5.41, 5.74) is 3.38. The van der Waals surface area contributed by atoms with Gasteiger partial charge in [0.15, 0.2) is 5.76 Å². The van der Waals surface area contributed by atoms with Crippen LogP contribution in [0.25, 0.3) is 20.8 Å². The number of carbonyl (C=O) groups is 1. The number of thiazole rings is 1. The van der Waals surface area contributed by atoms with Gasteiger partial charge in [-0.25, -0.2) is 4.98 Å². The van der Waals surface area contributed by atoms with Gasteiger partial charge in [-0.3, -0.25) is 4.79 Å². The summed E-state index contributed by atoms with van der Waals surface area (Å²) in [5, 5.41) is 4.88. The molecule has 0 bridgehead atoms. The van der Waals surface area contributed by atoms with Crippen LogP contribution in [0.1, 0.15) is 21.0 Å². The SMILES string of the molecule is CN1CCc2c(sc(NC(=O)c3ccco3)c2-c2nc3ccccc3s2)C1.Cl. The lowest BCUT2D eigenvalue weighted by Crippen LogP contribution is -2.25. The molecule has 8 heteroatoms. The number of thiophene rings is 1. The molecule has 1 amide bonds. The van der Waals surface area contributed by atoms with Crippen molar-refractivity contribution >= 4 is 56.2 Å². The van der Waals surface area contributed by atoms with Gasteiger partial charge in [-0.1, -0.05) is 12.1 Å². The summed E-state index contributed by atoms with van der Waals surface area (Å²) < 4.78 is 6.41. The van der Waals surface area contributed by atoms with Crippen molar-refractivity contribution < 1.29 is 9.21 Å². The van der Waals surface area contributed by atoms with Crippen LogP contribution in [-0.4, -0.2) is 29.4 Å². The highest BCUT2D eigenvalue weighted by Crippen LogP contribution is 2.45. The Labute approximate surface area is 176 Å². The van der Waals surface area contributed by atoms with Crippen LogP contribution in [0.3, 0.4) is 0 Å². The summed E-state index contributed by atoms with van der Waals surface area (Å²) in [6, 6.07) is 11.5. The maximum absolute atomic E-state index is 12.6. The van der Waals surface area contributed by atoms with Crippen LogP contribution in [0.15, 0.2) is 47.1 Å². The molecule has 0 saturated carbocycles. The van der Waals surface area contributed by atoms with Gasteiger partial charge in [0.05, 0.1) is 16.5 Å². The number of amides is 1. The molecule has 1 aromatic carbocycles. The van der Waals surface area contributed by atoms with Crippen LogP contribution in [-0.2, 0) is 13.0 Å². The number of halogens is 1. The van der Waals surface area contributed by atoms with Crippen LogP contribution >= 0.6 is 35.1 Å². The molecule has 1 aliphatic heterocycles. The molecule has 0 aliphatic carbocycles. The molecule has 0 atom stereocenters. The van der Waals surface area contributed by atoms with Crippen LogP contribution in [0, 0.1) is 0 Å². The Kier molecular flexibility index (Phi) is 5.25. The van der Waals surface area contributed by atoms with E-state index in [9.17, 15) is 4.79 Å². The normalized spacial score (nSPS) is 13.9. The van der Waals surface area contributed by atoms with Crippen molar-refractivity contribution in [1.82, 2.24) is 9.88 Å². The third kappa shape index (κ3) is 3.35. The lowest BCUT2D eigenvalue weighted by atomic mass is 10.0. The monoisotopic (exact) mass is 431 g/mol. The minimum atomic E-state index is -0.227. The number of nitrogens with zero attached hydrogens (tertiary/aromatic N) is 2. The van der Waals surface area contributed by atoms with Crippen LogP contribution < -0.4 is 5.32 Å². The Hall–Kier alpha value is -2.19. The second kappa shape index (κ2) is 7.67. The second-order valence-electron chi connectivity index (χ2n) is 6.61. The first-order chi connectivity index (χ1) is 13.2. The van der Waals surface area contributed by atoms with E-state index in [1.54, 1.807) is 34.8 Å². The van der Waals surface area contributed by atoms with Gasteiger partial charge in [-0.05, 0) is 43.3 Å². The van der Waals surface area contributed by atoms with E-state index in [0.717, 1.165) is 45.3 Å². The van der Waals surface area contributed by atoms with Gasteiger partial charge in [-0.2, -0.15) is 0 Å². The summed E-state index contributed by atoms with van der Waals surface area (Å²) in [5.74, 6) is 0.0862. The van der Waals surface area contributed by atoms with Gasteiger partial charge in [0.25, 0.3) is 5.91 Å². The maximum Gasteiger partial charge on any atom is 0.291 e. The van der Waals surface area contributed by atoms with Crippen molar-refractivity contribution in [2.24, 2.45) is 0 Å². The summed E-state index contributed by atoms with van der Waals surface area (Å²) in [6.07, 6.45) is 2.47. The fraction of sp³-hybridized carbons (Fsp3) is 0.200. The van der Waals surface area contributed by atoms with Crippen LogP contribution in [0.2, 0.25) is 0 Å². The molecule has 144 valence electrons. The molecule has 5 nitrogen and oxygen atoms in total. The number of para-hydroxylation sites is 1. The van der Waals surface area contributed by atoms with Gasteiger partial charge >= 0.3 is 0 Å². The Morgan fingerprint density at radius 2 is 2.07 bits per heavy atom. The third-order valence-electron chi connectivity index (χ3n) is 4.73. The van der Waals surface area contributed by atoms with Crippen molar-refractivity contribution in [1.29, 1.82) is 0 Å². The molecule has 0 spiro atoms. The standard InChI is InChI=1S/C20H17N3O2S2.ClH/c1-23-9-8-12-16(11-23)27-20(22-18(24)14-6-4-10-25-14)17(12)19-21-13-5-2-3-7-15(13)26-19;/h2-7,10H,8-9,11H2,1H3,(H,22,24);1H. The summed E-state index contributed by atoms with van der Waals surface area (Å²) in [4.78, 5) is 21.0. The fourth-order valence-corrected chi connectivity index (χ4v) is 5.83. The minimum absolute atomic E-state index is 0. The molecule has 4 aromatic rings. The quantitative estimate of drug-likeness (QED) is 0.479. The van der Waals surface area contributed by atoms with Crippen molar-refractivity contribution in [3.05, 3.63) is 58.9 Å². The van der Waals surface area contributed by atoms with Gasteiger partial charge < -0.3 is 14.6 Å². The number of nitrogens with one attached hydrogen (secondary N) is 1. The number of furan rings is 1. The van der Waals surface area contributed by atoms with E-state index < -0.39 is 0 Å². The molecule has 0 fully saturated rings. The van der Waals surface area contributed by atoms with E-state index in [2.05, 4.69) is 23.3 Å². The Bertz CT molecular complexity index is 1100. The van der Waals surface area contributed by atoms with Gasteiger partial charge in [0.1, 0.15) is 10.0 Å². The highest BCUT2D eigenvalue weighted by molar-refractivity contribution is 7.22. The van der Waals surface area contributed by atoms with E-state index in [0.29, 0.717) is 5.76 Å². The average molecular weight is 432 g/mol. The zero-order chi connectivity index (χ0) is 18.4. The predicted octanol–water partition coefficient (Wildman–Crippen LogP) is 5.28. The molecule has 0 saturated heterocycles. The first-order valence-corrected chi connectivity index (χ1v) is 10.4. The fourth-order valence-electron chi connectivity index (χ4n) is 3.40. The molecule has 5 rings (SSSR count). The van der Waals surface area contributed by atoms with Crippen molar-refractivity contribution in [2.45, 2.75) is 13.0 Å². The molecule has 1 aliphatic rings. The number of carbonyl (C=O) groups excluding carboxylic acids is 1. The molecular weight excluding hydrogens is 414 g/mol. The van der Waals surface area contributed by atoms with Gasteiger partial charge in [0, 0.05) is 23.5 Å².